The van der Waals surface area contributed by atoms with Crippen LogP contribution in [-0.4, -0.2) is 37.9 Å². The van der Waals surface area contributed by atoms with Crippen molar-refractivity contribution in [3.63, 3.8) is 0 Å². The maximum absolute atomic E-state index is 11.0. The molecule has 9 heteroatoms. The second kappa shape index (κ2) is 5.96. The highest BCUT2D eigenvalue weighted by molar-refractivity contribution is 7.13. The van der Waals surface area contributed by atoms with Crippen molar-refractivity contribution < 1.29 is 14.7 Å². The lowest BCUT2D eigenvalue weighted by Gasteiger charge is -2.01. The van der Waals surface area contributed by atoms with Gasteiger partial charge in [0.15, 0.2) is 5.13 Å². The molecular weight excluding hydrogens is 270 g/mol. The number of hydrogen-bond donors (Lipinski definition) is 2. The van der Waals surface area contributed by atoms with E-state index in [0.29, 0.717) is 6.54 Å². The van der Waals surface area contributed by atoms with E-state index in [2.05, 4.69) is 15.1 Å². The topological polar surface area (TPSA) is 116 Å². The molecule has 8 nitrogen and oxygen atoms in total. The van der Waals surface area contributed by atoms with Crippen LogP contribution in [0.4, 0.5) is 5.13 Å². The summed E-state index contributed by atoms with van der Waals surface area (Å²) in [6.07, 6.45) is 5.04. The number of anilines is 1. The van der Waals surface area contributed by atoms with Gasteiger partial charge in [0, 0.05) is 17.8 Å². The normalized spacial score (nSPS) is 11.5. The molecule has 2 aromatic heterocycles. The van der Waals surface area contributed by atoms with Gasteiger partial charge in [-0.2, -0.15) is 0 Å². The van der Waals surface area contributed by atoms with Crippen LogP contribution in [0.25, 0.3) is 0 Å². The van der Waals surface area contributed by atoms with Gasteiger partial charge < -0.3 is 20.2 Å². The number of hydrogen-bond acceptors (Lipinski definition) is 7. The molecule has 0 aliphatic carbocycles. The highest BCUT2D eigenvalue weighted by atomic mass is 32.1. The minimum absolute atomic E-state index is 0.192. The number of aromatic nitrogens is 3. The Morgan fingerprint density at radius 3 is 3.05 bits per heavy atom. The summed E-state index contributed by atoms with van der Waals surface area (Å²) < 4.78 is 1.79. The molecule has 2 rings (SSSR count). The fourth-order valence-corrected chi connectivity index (χ4v) is 1.81. The maximum Gasteiger partial charge on any atom is 0.360 e. The summed E-state index contributed by atoms with van der Waals surface area (Å²) in [6, 6.07) is 0. The number of oxime groups is 1. The van der Waals surface area contributed by atoms with Gasteiger partial charge in [0.25, 0.3) is 0 Å². The Bertz CT molecular complexity index is 578. The monoisotopic (exact) mass is 281 g/mol. The summed E-state index contributed by atoms with van der Waals surface area (Å²) in [7, 11) is 0. The quantitative estimate of drug-likeness (QED) is 0.450. The molecule has 0 saturated carbocycles. The number of carbonyl (C=O) groups is 1. The molecule has 0 atom stereocenters. The van der Waals surface area contributed by atoms with Gasteiger partial charge in [0.1, 0.15) is 12.3 Å². The van der Waals surface area contributed by atoms with Gasteiger partial charge in [-0.05, 0) is 0 Å². The average molecular weight is 281 g/mol. The molecule has 3 N–H and O–H groups in total. The fraction of sp³-hybridized carbons (Fsp3) is 0.200. The Morgan fingerprint density at radius 1 is 1.63 bits per heavy atom. The standard InChI is InChI=1S/C10H11N5O3S/c11-10-13-7(5-19-10)8(9(16)17)14-18-4-3-15-2-1-12-6-15/h1-2,5-6H,3-4H2,(H2,11,13)(H,16,17)/b14-8+. The number of rotatable bonds is 6. The Balaban J connectivity index is 1.96. The molecule has 0 aromatic carbocycles. The minimum Gasteiger partial charge on any atom is -0.476 e. The zero-order valence-corrected chi connectivity index (χ0v) is 10.6. The molecule has 2 heterocycles. The number of nitrogens with zero attached hydrogens (tertiary/aromatic N) is 4. The summed E-state index contributed by atoms with van der Waals surface area (Å²) in [5.74, 6) is -1.21. The molecule has 0 aliphatic heterocycles. The van der Waals surface area contributed by atoms with E-state index in [1.807, 2.05) is 0 Å². The molecule has 0 amide bonds. The molecule has 0 aliphatic rings. The lowest BCUT2D eigenvalue weighted by atomic mass is 10.3. The van der Waals surface area contributed by atoms with Gasteiger partial charge in [0.2, 0.25) is 5.71 Å². The lowest BCUT2D eigenvalue weighted by molar-refractivity contribution is -0.129. The molecule has 0 fully saturated rings. The summed E-state index contributed by atoms with van der Waals surface area (Å²) in [5.41, 5.74) is 5.37. The van der Waals surface area contributed by atoms with E-state index in [0.717, 1.165) is 11.3 Å². The third-order valence-electron chi connectivity index (χ3n) is 2.12. The number of imidazole rings is 1. The van der Waals surface area contributed by atoms with Crippen LogP contribution in [0.1, 0.15) is 5.69 Å². The first-order valence-corrected chi connectivity index (χ1v) is 6.15. The van der Waals surface area contributed by atoms with Crippen molar-refractivity contribution in [2.45, 2.75) is 6.54 Å². The van der Waals surface area contributed by atoms with Crippen LogP contribution in [0.5, 0.6) is 0 Å². The van der Waals surface area contributed by atoms with E-state index in [1.165, 1.54) is 5.38 Å². The summed E-state index contributed by atoms with van der Waals surface area (Å²) in [6.45, 7) is 0.752. The predicted octanol–water partition coefficient (Wildman–Crippen LogP) is 0.427. The molecular formula is C10H11N5O3S. The fourth-order valence-electron chi connectivity index (χ4n) is 1.27. The first kappa shape index (κ1) is 13.0. The van der Waals surface area contributed by atoms with Crippen LogP contribution in [0.15, 0.2) is 29.3 Å². The lowest BCUT2D eigenvalue weighted by Crippen LogP contribution is -2.16. The van der Waals surface area contributed by atoms with Crippen molar-refractivity contribution in [2.24, 2.45) is 5.16 Å². The van der Waals surface area contributed by atoms with E-state index in [1.54, 1.807) is 23.3 Å². The van der Waals surface area contributed by atoms with Gasteiger partial charge in [-0.1, -0.05) is 5.16 Å². The second-order valence-corrected chi connectivity index (χ2v) is 4.34. The first-order chi connectivity index (χ1) is 9.16. The van der Waals surface area contributed by atoms with Crippen LogP contribution in [0.2, 0.25) is 0 Å². The van der Waals surface area contributed by atoms with Crippen LogP contribution in [0.3, 0.4) is 0 Å². The van der Waals surface area contributed by atoms with E-state index in [4.69, 9.17) is 15.7 Å². The molecule has 2 aromatic rings. The second-order valence-electron chi connectivity index (χ2n) is 3.45. The van der Waals surface area contributed by atoms with Crippen LogP contribution < -0.4 is 5.73 Å². The van der Waals surface area contributed by atoms with Crippen molar-refractivity contribution in [1.29, 1.82) is 0 Å². The molecule has 0 radical (unpaired) electrons. The van der Waals surface area contributed by atoms with Gasteiger partial charge in [-0.3, -0.25) is 0 Å². The number of carboxylic acid groups (broad SMARTS) is 1. The first-order valence-electron chi connectivity index (χ1n) is 5.27. The molecule has 19 heavy (non-hydrogen) atoms. The number of nitrogens with two attached hydrogens (primary N) is 1. The Kier molecular flexibility index (Phi) is 4.08. The maximum atomic E-state index is 11.0. The highest BCUT2D eigenvalue weighted by Crippen LogP contribution is 2.12. The van der Waals surface area contributed by atoms with Gasteiger partial charge in [-0.15, -0.1) is 11.3 Å². The molecule has 100 valence electrons. The van der Waals surface area contributed by atoms with Gasteiger partial charge in [0.05, 0.1) is 12.9 Å². The zero-order chi connectivity index (χ0) is 13.7. The van der Waals surface area contributed by atoms with Crippen molar-refractivity contribution in [3.05, 3.63) is 29.8 Å². The number of nitrogen functional groups attached to an aromatic ring is 1. The number of aliphatic carboxylic acids is 1. The largest absolute Gasteiger partial charge is 0.476 e. The Morgan fingerprint density at radius 2 is 2.47 bits per heavy atom. The molecule has 0 bridgehead atoms. The van der Waals surface area contributed by atoms with E-state index < -0.39 is 5.97 Å². The SMILES string of the molecule is Nc1nc(/C(=N\OCCn2ccnc2)C(=O)O)cs1. The van der Waals surface area contributed by atoms with E-state index >= 15 is 0 Å². The highest BCUT2D eigenvalue weighted by Gasteiger charge is 2.16. The van der Waals surface area contributed by atoms with Crippen molar-refractivity contribution in [2.75, 3.05) is 12.3 Å². The predicted molar refractivity (Wildman–Crippen MR) is 68.9 cm³/mol. The van der Waals surface area contributed by atoms with Crippen molar-refractivity contribution in [3.8, 4) is 0 Å². The zero-order valence-electron chi connectivity index (χ0n) is 9.76. The van der Waals surface area contributed by atoms with E-state index in [-0.39, 0.29) is 23.1 Å². The average Bonchev–Trinajstić information content (AvgIpc) is 3.00. The smallest absolute Gasteiger partial charge is 0.360 e. The van der Waals surface area contributed by atoms with Crippen molar-refractivity contribution in [1.82, 2.24) is 14.5 Å². The number of carboxylic acids is 1. The van der Waals surface area contributed by atoms with Crippen LogP contribution in [-0.2, 0) is 16.2 Å². The number of thiazole rings is 1. The summed E-state index contributed by atoms with van der Waals surface area (Å²) in [5, 5.41) is 14.4. The molecule has 0 spiro atoms. The molecule has 0 saturated heterocycles. The van der Waals surface area contributed by atoms with Crippen LogP contribution in [0, 0.1) is 0 Å². The summed E-state index contributed by atoms with van der Waals surface area (Å²) >= 11 is 1.14. The van der Waals surface area contributed by atoms with Crippen molar-refractivity contribution >= 4 is 28.1 Å². The summed E-state index contributed by atoms with van der Waals surface area (Å²) in [4.78, 5) is 23.7. The molecule has 0 unspecified atom stereocenters. The van der Waals surface area contributed by atoms with Gasteiger partial charge >= 0.3 is 5.97 Å². The van der Waals surface area contributed by atoms with Crippen LogP contribution >= 0.6 is 11.3 Å². The Labute approximate surface area is 112 Å². The van der Waals surface area contributed by atoms with Gasteiger partial charge in [-0.25, -0.2) is 14.8 Å². The Hall–Kier alpha value is -2.42. The third kappa shape index (κ3) is 3.52. The third-order valence-corrected chi connectivity index (χ3v) is 2.80. The van der Waals surface area contributed by atoms with E-state index in [9.17, 15) is 4.79 Å². The minimum atomic E-state index is -1.21.